The molecule has 4 rings (SSSR count). The number of nitrogens with one attached hydrogen (secondary N) is 2. The average Bonchev–Trinajstić information content (AvgIpc) is 3.06. The highest BCUT2D eigenvalue weighted by Crippen LogP contribution is 2.21. The lowest BCUT2D eigenvalue weighted by Gasteiger charge is -2.26. The molecule has 0 bridgehead atoms. The minimum Gasteiger partial charge on any atom is -0.350 e. The second-order valence-electron chi connectivity index (χ2n) is 6.46. The van der Waals surface area contributed by atoms with E-state index in [0.29, 0.717) is 10.7 Å². The number of anilines is 1. The van der Waals surface area contributed by atoms with E-state index in [9.17, 15) is 4.79 Å². The Morgan fingerprint density at radius 1 is 1.15 bits per heavy atom. The number of carbonyl (C=O) groups is 1. The Labute approximate surface area is 161 Å². The Morgan fingerprint density at radius 2 is 2.00 bits per heavy atom. The van der Waals surface area contributed by atoms with Crippen molar-refractivity contribution in [3.05, 3.63) is 64.8 Å². The summed E-state index contributed by atoms with van der Waals surface area (Å²) < 4.78 is 0. The number of amides is 1. The van der Waals surface area contributed by atoms with Crippen LogP contribution in [0.2, 0.25) is 5.02 Å². The molecule has 3 aromatic rings. The van der Waals surface area contributed by atoms with E-state index in [1.807, 2.05) is 48.2 Å². The summed E-state index contributed by atoms with van der Waals surface area (Å²) in [6.07, 6.45) is 0. The van der Waals surface area contributed by atoms with Crippen molar-refractivity contribution in [3.63, 3.8) is 0 Å². The molecule has 1 saturated heterocycles. The van der Waals surface area contributed by atoms with Gasteiger partial charge in [0.05, 0.1) is 0 Å². The van der Waals surface area contributed by atoms with E-state index in [2.05, 4.69) is 27.3 Å². The van der Waals surface area contributed by atoms with E-state index < -0.39 is 0 Å². The summed E-state index contributed by atoms with van der Waals surface area (Å²) in [4.78, 5) is 18.2. The first-order valence-corrected chi connectivity index (χ1v) is 10.2. The molecular formula is C20H20ClN3OS. The number of hydrogen-bond donors (Lipinski definition) is 2. The Hall–Kier alpha value is -1.95. The number of halogens is 1. The van der Waals surface area contributed by atoms with Crippen molar-refractivity contribution < 1.29 is 4.79 Å². The van der Waals surface area contributed by atoms with Gasteiger partial charge in [0.25, 0.3) is 5.91 Å². The van der Waals surface area contributed by atoms with Crippen LogP contribution in [-0.4, -0.2) is 40.4 Å². The predicted molar refractivity (Wildman–Crippen MR) is 110 cm³/mol. The van der Waals surface area contributed by atoms with Gasteiger partial charge in [0.1, 0.15) is 5.69 Å². The van der Waals surface area contributed by atoms with Crippen LogP contribution in [-0.2, 0) is 6.54 Å². The standard InChI is InChI=1S/C20H20ClN3OS/c21-16-5-4-15-11-19(23-18(15)12-16)20(25)22-17-3-1-2-14(10-17)13-24-6-8-26-9-7-24/h1-5,10-12,23H,6-9,13H2,(H,22,25). The number of nitrogens with zero attached hydrogens (tertiary/aromatic N) is 1. The zero-order valence-corrected chi connectivity index (χ0v) is 15.9. The van der Waals surface area contributed by atoms with E-state index in [-0.39, 0.29) is 5.91 Å². The summed E-state index contributed by atoms with van der Waals surface area (Å²) in [6, 6.07) is 15.5. The molecule has 26 heavy (non-hydrogen) atoms. The van der Waals surface area contributed by atoms with Crippen LogP contribution in [0, 0.1) is 0 Å². The number of hydrogen-bond acceptors (Lipinski definition) is 3. The smallest absolute Gasteiger partial charge is 0.272 e. The fraction of sp³-hybridized carbons (Fsp3) is 0.250. The number of benzene rings is 2. The molecule has 134 valence electrons. The Bertz CT molecular complexity index is 934. The van der Waals surface area contributed by atoms with Crippen molar-refractivity contribution in [1.82, 2.24) is 9.88 Å². The maximum atomic E-state index is 12.6. The summed E-state index contributed by atoms with van der Waals surface area (Å²) >= 11 is 8.02. The second-order valence-corrected chi connectivity index (χ2v) is 8.12. The number of fused-ring (bicyclic) bond motifs is 1. The van der Waals surface area contributed by atoms with Crippen LogP contribution in [0.3, 0.4) is 0 Å². The SMILES string of the molecule is O=C(Nc1cccc(CN2CCSCC2)c1)c1cc2ccc(Cl)cc2[nH]1. The highest BCUT2D eigenvalue weighted by atomic mass is 35.5. The topological polar surface area (TPSA) is 48.1 Å². The first-order valence-electron chi connectivity index (χ1n) is 8.66. The number of aromatic nitrogens is 1. The first-order chi connectivity index (χ1) is 12.7. The van der Waals surface area contributed by atoms with E-state index in [0.717, 1.165) is 36.2 Å². The Balaban J connectivity index is 1.47. The monoisotopic (exact) mass is 385 g/mol. The summed E-state index contributed by atoms with van der Waals surface area (Å²) in [7, 11) is 0. The molecule has 0 unspecified atom stereocenters. The fourth-order valence-electron chi connectivity index (χ4n) is 3.18. The minimum atomic E-state index is -0.149. The predicted octanol–water partition coefficient (Wildman–Crippen LogP) is 4.62. The van der Waals surface area contributed by atoms with Crippen molar-refractivity contribution in [3.8, 4) is 0 Å². The van der Waals surface area contributed by atoms with E-state index in [4.69, 9.17) is 11.6 Å². The lowest BCUT2D eigenvalue weighted by molar-refractivity contribution is 0.102. The van der Waals surface area contributed by atoms with E-state index in [1.165, 1.54) is 17.1 Å². The molecule has 2 heterocycles. The molecule has 1 fully saturated rings. The molecule has 0 saturated carbocycles. The molecule has 0 spiro atoms. The number of carbonyl (C=O) groups excluding carboxylic acids is 1. The van der Waals surface area contributed by atoms with Crippen molar-refractivity contribution in [2.75, 3.05) is 29.9 Å². The normalized spacial score (nSPS) is 15.3. The van der Waals surface area contributed by atoms with Gasteiger partial charge in [-0.3, -0.25) is 9.69 Å². The minimum absolute atomic E-state index is 0.149. The van der Waals surface area contributed by atoms with Crippen molar-refractivity contribution in [2.45, 2.75) is 6.54 Å². The van der Waals surface area contributed by atoms with Gasteiger partial charge in [-0.1, -0.05) is 29.8 Å². The lowest BCUT2D eigenvalue weighted by Crippen LogP contribution is -2.31. The molecule has 2 N–H and O–H groups in total. The summed E-state index contributed by atoms with van der Waals surface area (Å²) in [6.45, 7) is 3.17. The van der Waals surface area contributed by atoms with Crippen LogP contribution < -0.4 is 5.32 Å². The molecule has 1 aliphatic rings. The number of thioether (sulfide) groups is 1. The molecular weight excluding hydrogens is 366 g/mol. The largest absolute Gasteiger partial charge is 0.350 e. The van der Waals surface area contributed by atoms with Crippen molar-refractivity contribution >= 4 is 45.9 Å². The lowest BCUT2D eigenvalue weighted by atomic mass is 10.2. The van der Waals surface area contributed by atoms with Gasteiger partial charge in [0.15, 0.2) is 0 Å². The quantitative estimate of drug-likeness (QED) is 0.688. The summed E-state index contributed by atoms with van der Waals surface area (Å²) in [5.74, 6) is 2.24. The van der Waals surface area contributed by atoms with Gasteiger partial charge in [-0.2, -0.15) is 11.8 Å². The van der Waals surface area contributed by atoms with Crippen LogP contribution >= 0.6 is 23.4 Å². The Morgan fingerprint density at radius 3 is 2.85 bits per heavy atom. The van der Waals surface area contributed by atoms with Crippen LogP contribution in [0.15, 0.2) is 48.5 Å². The maximum Gasteiger partial charge on any atom is 0.272 e. The molecule has 2 aromatic carbocycles. The van der Waals surface area contributed by atoms with Gasteiger partial charge < -0.3 is 10.3 Å². The summed E-state index contributed by atoms with van der Waals surface area (Å²) in [5.41, 5.74) is 3.42. The molecule has 1 amide bonds. The fourth-order valence-corrected chi connectivity index (χ4v) is 4.34. The molecule has 1 aromatic heterocycles. The second kappa shape index (κ2) is 7.74. The number of aromatic amines is 1. The highest BCUT2D eigenvalue weighted by molar-refractivity contribution is 7.99. The van der Waals surface area contributed by atoms with Crippen molar-refractivity contribution in [1.29, 1.82) is 0 Å². The zero-order valence-electron chi connectivity index (χ0n) is 14.3. The molecule has 0 atom stereocenters. The molecule has 4 nitrogen and oxygen atoms in total. The Kier molecular flexibility index (Phi) is 5.20. The van der Waals surface area contributed by atoms with Gasteiger partial charge in [-0.25, -0.2) is 0 Å². The highest BCUT2D eigenvalue weighted by Gasteiger charge is 2.13. The molecule has 0 radical (unpaired) electrons. The van der Waals surface area contributed by atoms with Crippen LogP contribution in [0.4, 0.5) is 5.69 Å². The van der Waals surface area contributed by atoms with Gasteiger partial charge >= 0.3 is 0 Å². The number of H-pyrrole nitrogens is 1. The van der Waals surface area contributed by atoms with E-state index in [1.54, 1.807) is 0 Å². The zero-order chi connectivity index (χ0) is 17.9. The third-order valence-electron chi connectivity index (χ3n) is 4.52. The first kappa shape index (κ1) is 17.5. The third kappa shape index (κ3) is 4.06. The van der Waals surface area contributed by atoms with Gasteiger partial charge in [-0.05, 0) is 35.9 Å². The van der Waals surface area contributed by atoms with Gasteiger partial charge in [-0.15, -0.1) is 0 Å². The van der Waals surface area contributed by atoms with Crippen LogP contribution in [0.25, 0.3) is 10.9 Å². The summed E-state index contributed by atoms with van der Waals surface area (Å²) in [5, 5.41) is 4.60. The van der Waals surface area contributed by atoms with Gasteiger partial charge in [0.2, 0.25) is 0 Å². The third-order valence-corrected chi connectivity index (χ3v) is 5.70. The number of rotatable bonds is 4. The van der Waals surface area contributed by atoms with Crippen LogP contribution in [0.1, 0.15) is 16.1 Å². The van der Waals surface area contributed by atoms with Gasteiger partial charge in [0, 0.05) is 52.8 Å². The maximum absolute atomic E-state index is 12.6. The van der Waals surface area contributed by atoms with Crippen LogP contribution in [0.5, 0.6) is 0 Å². The molecule has 6 heteroatoms. The molecule has 1 aliphatic heterocycles. The van der Waals surface area contributed by atoms with Crippen molar-refractivity contribution in [2.24, 2.45) is 0 Å². The molecule has 0 aliphatic carbocycles. The average molecular weight is 386 g/mol. The van der Waals surface area contributed by atoms with E-state index >= 15 is 0 Å².